The first-order chi connectivity index (χ1) is 15.5. The summed E-state index contributed by atoms with van der Waals surface area (Å²) in [5.74, 6) is -0.0209. The molecule has 1 aromatic carbocycles. The molecular weight excluding hydrogens is 422 g/mol. The molecule has 1 fully saturated rings. The van der Waals surface area contributed by atoms with Crippen molar-refractivity contribution in [3.8, 4) is 10.6 Å². The Morgan fingerprint density at radius 2 is 2.09 bits per heavy atom. The van der Waals surface area contributed by atoms with Gasteiger partial charge >= 0.3 is 0 Å². The number of aromatic nitrogens is 3. The molecule has 8 heteroatoms. The highest BCUT2D eigenvalue weighted by molar-refractivity contribution is 7.13. The fourth-order valence-electron chi connectivity index (χ4n) is 4.21. The number of rotatable bonds is 5. The smallest absolute Gasteiger partial charge is 0.256 e. The molecule has 3 aromatic heterocycles. The van der Waals surface area contributed by atoms with Gasteiger partial charge in [-0.3, -0.25) is 14.3 Å². The van der Waals surface area contributed by atoms with Crippen molar-refractivity contribution < 1.29 is 9.59 Å². The molecule has 1 aliphatic rings. The van der Waals surface area contributed by atoms with Gasteiger partial charge in [0.05, 0.1) is 27.2 Å². The molecule has 32 heavy (non-hydrogen) atoms. The maximum absolute atomic E-state index is 13.4. The Kier molecular flexibility index (Phi) is 5.22. The Morgan fingerprint density at radius 3 is 2.84 bits per heavy atom. The summed E-state index contributed by atoms with van der Waals surface area (Å²) in [6.07, 6.45) is 1.52. The van der Waals surface area contributed by atoms with Crippen molar-refractivity contribution >= 4 is 39.9 Å². The van der Waals surface area contributed by atoms with Gasteiger partial charge in [0, 0.05) is 32.2 Å². The maximum Gasteiger partial charge on any atom is 0.256 e. The number of anilines is 1. The van der Waals surface area contributed by atoms with E-state index in [0.717, 1.165) is 40.2 Å². The summed E-state index contributed by atoms with van der Waals surface area (Å²) in [6, 6.07) is 13.5. The predicted molar refractivity (Wildman–Crippen MR) is 126 cm³/mol. The Labute approximate surface area is 189 Å². The lowest BCUT2D eigenvalue weighted by Crippen LogP contribution is -2.23. The van der Waals surface area contributed by atoms with Crippen LogP contribution in [0.4, 0.5) is 5.69 Å². The number of carbonyl (C=O) groups is 2. The van der Waals surface area contributed by atoms with Gasteiger partial charge in [-0.2, -0.15) is 5.10 Å². The van der Waals surface area contributed by atoms with Crippen LogP contribution < -0.4 is 5.32 Å². The quantitative estimate of drug-likeness (QED) is 0.494. The molecular formula is C24H23N5O2S. The number of pyridine rings is 1. The summed E-state index contributed by atoms with van der Waals surface area (Å²) in [5.41, 5.74) is 4.43. The number of nitrogens with one attached hydrogen (secondary N) is 1. The molecule has 0 bridgehead atoms. The van der Waals surface area contributed by atoms with Crippen molar-refractivity contribution in [2.75, 3.05) is 11.9 Å². The molecule has 4 heterocycles. The van der Waals surface area contributed by atoms with Gasteiger partial charge in [-0.1, -0.05) is 18.2 Å². The summed E-state index contributed by atoms with van der Waals surface area (Å²) in [4.78, 5) is 33.0. The van der Waals surface area contributed by atoms with Gasteiger partial charge < -0.3 is 10.2 Å². The van der Waals surface area contributed by atoms with Crippen LogP contribution >= 0.6 is 11.3 Å². The molecule has 1 saturated heterocycles. The van der Waals surface area contributed by atoms with Crippen molar-refractivity contribution in [1.82, 2.24) is 19.7 Å². The topological polar surface area (TPSA) is 80.1 Å². The standard InChI is InChI=1S/C24H23N5O2S/c1-15-22-18(13-19(20-8-5-11-32-20)26-23(22)28(2)27-15)24(31)25-17-7-3-6-16(12-17)14-29-10-4-9-21(29)30/h3,5-8,11-13H,4,9-10,14H2,1-2H3,(H,25,31). The Morgan fingerprint density at radius 1 is 1.22 bits per heavy atom. The molecule has 7 nitrogen and oxygen atoms in total. The first kappa shape index (κ1) is 20.4. The number of thiophene rings is 1. The zero-order valence-electron chi connectivity index (χ0n) is 18.0. The van der Waals surface area contributed by atoms with Crippen LogP contribution in [-0.4, -0.2) is 38.0 Å². The van der Waals surface area contributed by atoms with Gasteiger partial charge in [0.15, 0.2) is 5.65 Å². The van der Waals surface area contributed by atoms with E-state index in [9.17, 15) is 9.59 Å². The van der Waals surface area contributed by atoms with Crippen LogP contribution in [0.1, 0.15) is 34.5 Å². The molecule has 4 aromatic rings. The van der Waals surface area contributed by atoms with Crippen LogP contribution in [0.15, 0.2) is 47.8 Å². The van der Waals surface area contributed by atoms with E-state index in [0.29, 0.717) is 29.9 Å². The van der Waals surface area contributed by atoms with E-state index in [2.05, 4.69) is 10.4 Å². The lowest BCUT2D eigenvalue weighted by atomic mass is 10.1. The number of aryl methyl sites for hydroxylation is 2. The average molecular weight is 446 g/mol. The molecule has 1 aliphatic heterocycles. The fraction of sp³-hybridized carbons (Fsp3) is 0.250. The molecule has 0 radical (unpaired) electrons. The zero-order chi connectivity index (χ0) is 22.2. The molecule has 1 N–H and O–H groups in total. The van der Waals surface area contributed by atoms with E-state index < -0.39 is 0 Å². The van der Waals surface area contributed by atoms with Crippen LogP contribution in [0.2, 0.25) is 0 Å². The molecule has 5 rings (SSSR count). The molecule has 0 aliphatic carbocycles. The van der Waals surface area contributed by atoms with Gasteiger partial charge in [0.25, 0.3) is 5.91 Å². The van der Waals surface area contributed by atoms with Crippen molar-refractivity contribution in [2.45, 2.75) is 26.3 Å². The summed E-state index contributed by atoms with van der Waals surface area (Å²) < 4.78 is 1.71. The Bertz CT molecular complexity index is 1330. The second-order valence-corrected chi connectivity index (χ2v) is 8.96. The van der Waals surface area contributed by atoms with Crippen molar-refractivity contribution in [3.05, 3.63) is 64.7 Å². The second kappa shape index (κ2) is 8.20. The van der Waals surface area contributed by atoms with Gasteiger partial charge in [-0.05, 0) is 48.6 Å². The largest absolute Gasteiger partial charge is 0.338 e. The number of nitrogens with zero attached hydrogens (tertiary/aromatic N) is 4. The minimum atomic E-state index is -0.208. The van der Waals surface area contributed by atoms with Crippen LogP contribution in [0.3, 0.4) is 0 Å². The predicted octanol–water partition coefficient (Wildman–Crippen LogP) is 4.38. The SMILES string of the molecule is Cc1nn(C)c2nc(-c3cccs3)cc(C(=O)Nc3cccc(CN4CCCC4=O)c3)c12. The fourth-order valence-corrected chi connectivity index (χ4v) is 4.90. The number of hydrogen-bond acceptors (Lipinski definition) is 5. The van der Waals surface area contributed by atoms with E-state index in [1.807, 2.05) is 66.7 Å². The molecule has 0 unspecified atom stereocenters. The van der Waals surface area contributed by atoms with E-state index in [1.165, 1.54) is 0 Å². The molecule has 162 valence electrons. The zero-order valence-corrected chi connectivity index (χ0v) is 18.8. The minimum absolute atomic E-state index is 0.187. The third-order valence-corrected chi connectivity index (χ3v) is 6.61. The maximum atomic E-state index is 13.4. The highest BCUT2D eigenvalue weighted by Crippen LogP contribution is 2.30. The summed E-state index contributed by atoms with van der Waals surface area (Å²) in [5, 5.41) is 10.3. The molecule has 0 spiro atoms. The number of hydrogen-bond donors (Lipinski definition) is 1. The van der Waals surface area contributed by atoms with Crippen molar-refractivity contribution in [3.63, 3.8) is 0 Å². The number of amides is 2. The van der Waals surface area contributed by atoms with Crippen molar-refractivity contribution in [2.24, 2.45) is 7.05 Å². The second-order valence-electron chi connectivity index (χ2n) is 8.01. The van der Waals surface area contributed by atoms with Gasteiger partial charge in [0.1, 0.15) is 0 Å². The highest BCUT2D eigenvalue weighted by Gasteiger charge is 2.21. The van der Waals surface area contributed by atoms with Crippen LogP contribution in [0, 0.1) is 6.92 Å². The normalized spacial score (nSPS) is 13.8. The van der Waals surface area contributed by atoms with Crippen LogP contribution in [0.5, 0.6) is 0 Å². The van der Waals surface area contributed by atoms with Gasteiger partial charge in [-0.15, -0.1) is 11.3 Å². The number of fused-ring (bicyclic) bond motifs is 1. The lowest BCUT2D eigenvalue weighted by molar-refractivity contribution is -0.128. The van der Waals surface area contributed by atoms with E-state index in [-0.39, 0.29) is 11.8 Å². The summed E-state index contributed by atoms with van der Waals surface area (Å²) in [6.45, 7) is 3.24. The van der Waals surface area contributed by atoms with Gasteiger partial charge in [-0.25, -0.2) is 4.98 Å². The molecule has 0 atom stereocenters. The van der Waals surface area contributed by atoms with E-state index in [1.54, 1.807) is 16.0 Å². The number of benzene rings is 1. The summed E-state index contributed by atoms with van der Waals surface area (Å²) in [7, 11) is 1.84. The molecule has 2 amide bonds. The number of likely N-dealkylation sites (tertiary alicyclic amines) is 1. The van der Waals surface area contributed by atoms with Crippen molar-refractivity contribution in [1.29, 1.82) is 0 Å². The van der Waals surface area contributed by atoms with E-state index >= 15 is 0 Å². The lowest BCUT2D eigenvalue weighted by Gasteiger charge is -2.16. The third kappa shape index (κ3) is 3.78. The minimum Gasteiger partial charge on any atom is -0.338 e. The van der Waals surface area contributed by atoms with Crippen LogP contribution in [-0.2, 0) is 18.4 Å². The average Bonchev–Trinajstić information content (AvgIpc) is 3.51. The van der Waals surface area contributed by atoms with E-state index in [4.69, 9.17) is 4.98 Å². The first-order valence-corrected chi connectivity index (χ1v) is 11.4. The Hall–Kier alpha value is -3.52. The molecule has 0 saturated carbocycles. The monoisotopic (exact) mass is 445 g/mol. The van der Waals surface area contributed by atoms with Gasteiger partial charge in [0.2, 0.25) is 5.91 Å². The first-order valence-electron chi connectivity index (χ1n) is 10.6. The van der Waals surface area contributed by atoms with Crippen LogP contribution in [0.25, 0.3) is 21.6 Å². The third-order valence-electron chi connectivity index (χ3n) is 5.72. The number of carbonyl (C=O) groups excluding carboxylic acids is 2. The summed E-state index contributed by atoms with van der Waals surface area (Å²) >= 11 is 1.58. The highest BCUT2D eigenvalue weighted by atomic mass is 32.1. The Balaban J connectivity index is 1.47.